The number of nitro benzene ring substituents is 1. The maximum atomic E-state index is 14.0. The summed E-state index contributed by atoms with van der Waals surface area (Å²) in [5.74, 6) is 1.46. The predicted molar refractivity (Wildman–Crippen MR) is 162 cm³/mol. The second-order valence-corrected chi connectivity index (χ2v) is 10.7. The molecule has 0 spiro atoms. The third-order valence-electron chi connectivity index (χ3n) is 7.30. The van der Waals surface area contributed by atoms with Crippen LogP contribution in [-0.2, 0) is 4.79 Å². The number of nitrogens with zero attached hydrogens (tertiary/aromatic N) is 4. The Hall–Kier alpha value is -4.97. The molecule has 1 aliphatic rings. The first-order chi connectivity index (χ1) is 20.7. The van der Waals surface area contributed by atoms with Gasteiger partial charge in [-0.1, -0.05) is 29.5 Å². The maximum Gasteiger partial charge on any atom is 0.271 e. The van der Waals surface area contributed by atoms with Crippen LogP contribution < -0.4 is 24.4 Å². The number of methoxy groups -OCH3 is 2. The summed E-state index contributed by atoms with van der Waals surface area (Å²) < 4.78 is 18.9. The second-order valence-electron chi connectivity index (χ2n) is 9.64. The number of likely N-dealkylation sites (N-methyl/N-ethyl adjacent to an activating group) is 1. The van der Waals surface area contributed by atoms with Crippen LogP contribution >= 0.6 is 11.3 Å². The molecule has 0 saturated carbocycles. The molecule has 0 saturated heterocycles. The molecule has 12 heteroatoms. The second kappa shape index (κ2) is 12.1. The van der Waals surface area contributed by atoms with Gasteiger partial charge in [0.25, 0.3) is 17.2 Å². The summed E-state index contributed by atoms with van der Waals surface area (Å²) in [7, 11) is 3.02. The van der Waals surface area contributed by atoms with Crippen molar-refractivity contribution in [3.05, 3.63) is 107 Å². The number of carbonyl (C=O) groups is 1. The van der Waals surface area contributed by atoms with E-state index in [4.69, 9.17) is 18.9 Å². The predicted octanol–water partition coefficient (Wildman–Crippen LogP) is 4.29. The molecule has 4 aromatic rings. The monoisotopic (exact) mass is 602 g/mol. The third kappa shape index (κ3) is 5.37. The standard InChI is InChI=1S/C31H30N4O7S/c1-6-33(7-2)30(37)27-18(3)32-31-34(28(27)21-10-8-9-11-23(21)40-4)29(36)26(43-31)17-20-13-15-25(42-20)22-16-19(35(38)39)12-14-24(22)41-5/h8-17,28H,6-7H2,1-5H3/b26-17+/t28-/m0/s1. The van der Waals surface area contributed by atoms with Gasteiger partial charge in [0.1, 0.15) is 29.1 Å². The van der Waals surface area contributed by atoms with E-state index in [1.807, 2.05) is 32.0 Å². The zero-order valence-corrected chi connectivity index (χ0v) is 25.1. The first-order valence-electron chi connectivity index (χ1n) is 13.6. The van der Waals surface area contributed by atoms with E-state index >= 15 is 0 Å². The largest absolute Gasteiger partial charge is 0.496 e. The molecule has 1 atom stereocenters. The molecule has 1 amide bonds. The van der Waals surface area contributed by atoms with Crippen molar-refractivity contribution in [1.82, 2.24) is 9.47 Å². The molecule has 0 aliphatic carbocycles. The highest BCUT2D eigenvalue weighted by Crippen LogP contribution is 2.37. The molecule has 0 fully saturated rings. The quantitative estimate of drug-likeness (QED) is 0.206. The van der Waals surface area contributed by atoms with E-state index in [2.05, 4.69) is 0 Å². The number of benzene rings is 2. The Kier molecular flexibility index (Phi) is 8.31. The summed E-state index contributed by atoms with van der Waals surface area (Å²) in [6.07, 6.45) is 1.60. The fraction of sp³-hybridized carbons (Fsp3) is 0.258. The van der Waals surface area contributed by atoms with Crippen molar-refractivity contribution in [3.8, 4) is 22.8 Å². The minimum absolute atomic E-state index is 0.108. The number of aromatic nitrogens is 1. The number of amides is 1. The number of para-hydroxylation sites is 1. The average molecular weight is 603 g/mol. The van der Waals surface area contributed by atoms with Gasteiger partial charge < -0.3 is 18.8 Å². The lowest BCUT2D eigenvalue weighted by Gasteiger charge is -2.29. The van der Waals surface area contributed by atoms with E-state index in [1.165, 1.54) is 41.2 Å². The number of nitro groups is 1. The van der Waals surface area contributed by atoms with E-state index in [0.717, 1.165) is 0 Å². The van der Waals surface area contributed by atoms with Gasteiger partial charge in [-0.2, -0.15) is 0 Å². The van der Waals surface area contributed by atoms with Crippen LogP contribution in [0.3, 0.4) is 0 Å². The third-order valence-corrected chi connectivity index (χ3v) is 8.28. The highest BCUT2D eigenvalue weighted by molar-refractivity contribution is 7.07. The number of rotatable bonds is 9. The zero-order valence-electron chi connectivity index (χ0n) is 24.3. The zero-order chi connectivity index (χ0) is 30.8. The average Bonchev–Trinajstić information content (AvgIpc) is 3.60. The molecule has 222 valence electrons. The molecule has 11 nitrogen and oxygen atoms in total. The van der Waals surface area contributed by atoms with Gasteiger partial charge in [0.2, 0.25) is 0 Å². The minimum atomic E-state index is -0.760. The summed E-state index contributed by atoms with van der Waals surface area (Å²) in [5, 5.41) is 11.3. The molecule has 2 aromatic heterocycles. The molecule has 0 unspecified atom stereocenters. The lowest BCUT2D eigenvalue weighted by Crippen LogP contribution is -2.43. The van der Waals surface area contributed by atoms with Gasteiger partial charge in [-0.25, -0.2) is 4.99 Å². The van der Waals surface area contributed by atoms with Crippen molar-refractivity contribution < 1.29 is 23.6 Å². The topological polar surface area (TPSA) is 129 Å². The van der Waals surface area contributed by atoms with E-state index in [-0.39, 0.29) is 17.2 Å². The van der Waals surface area contributed by atoms with Gasteiger partial charge in [0.05, 0.1) is 40.5 Å². The van der Waals surface area contributed by atoms with Crippen LogP contribution in [0.2, 0.25) is 0 Å². The normalized spacial score (nSPS) is 14.7. The summed E-state index contributed by atoms with van der Waals surface area (Å²) in [5.41, 5.74) is 1.56. The number of carbonyl (C=O) groups excluding carboxylic acids is 1. The maximum absolute atomic E-state index is 14.0. The SMILES string of the molecule is CCN(CC)C(=O)C1=C(C)N=c2s/c(=C/c3ccc(-c4cc([N+](=O)[O-])ccc4OC)o3)c(=O)n2[C@H]1c1ccccc1OC. The Morgan fingerprint density at radius 1 is 1.12 bits per heavy atom. The molecule has 43 heavy (non-hydrogen) atoms. The van der Waals surface area contributed by atoms with Crippen LogP contribution in [0, 0.1) is 10.1 Å². The van der Waals surface area contributed by atoms with E-state index < -0.39 is 11.0 Å². The molecule has 0 bridgehead atoms. The fourth-order valence-corrected chi connectivity index (χ4v) is 6.20. The molecule has 1 aliphatic heterocycles. The number of hydrogen-bond acceptors (Lipinski definition) is 9. The van der Waals surface area contributed by atoms with Crippen molar-refractivity contribution in [2.24, 2.45) is 4.99 Å². The van der Waals surface area contributed by atoms with Crippen LogP contribution in [0.15, 0.2) is 80.1 Å². The van der Waals surface area contributed by atoms with Crippen LogP contribution in [-0.4, -0.2) is 47.6 Å². The molecule has 0 N–H and O–H groups in total. The number of furan rings is 1. The first-order valence-corrected chi connectivity index (χ1v) is 14.4. The Labute approximate surface area is 250 Å². The lowest BCUT2D eigenvalue weighted by atomic mass is 9.94. The van der Waals surface area contributed by atoms with Crippen LogP contribution in [0.5, 0.6) is 11.5 Å². The fourth-order valence-electron chi connectivity index (χ4n) is 5.17. The number of fused-ring (bicyclic) bond motifs is 1. The summed E-state index contributed by atoms with van der Waals surface area (Å²) in [6.45, 7) is 6.61. The van der Waals surface area contributed by atoms with Crippen molar-refractivity contribution in [2.75, 3.05) is 27.3 Å². The van der Waals surface area contributed by atoms with Gasteiger partial charge >= 0.3 is 0 Å². The molecule has 5 rings (SSSR count). The van der Waals surface area contributed by atoms with Crippen LogP contribution in [0.1, 0.15) is 38.1 Å². The van der Waals surface area contributed by atoms with Crippen LogP contribution in [0.25, 0.3) is 17.4 Å². The van der Waals surface area contributed by atoms with Gasteiger partial charge in [-0.3, -0.25) is 24.3 Å². The summed E-state index contributed by atoms with van der Waals surface area (Å²) >= 11 is 1.18. The molecule has 3 heterocycles. The molecule has 0 radical (unpaired) electrons. The van der Waals surface area contributed by atoms with Gasteiger partial charge in [0, 0.05) is 36.9 Å². The summed E-state index contributed by atoms with van der Waals surface area (Å²) in [4.78, 5) is 45.5. The number of hydrogen-bond donors (Lipinski definition) is 0. The molecular formula is C31H30N4O7S. The molecular weight excluding hydrogens is 572 g/mol. The molecule has 2 aromatic carbocycles. The minimum Gasteiger partial charge on any atom is -0.496 e. The van der Waals surface area contributed by atoms with Crippen molar-refractivity contribution >= 4 is 29.0 Å². The van der Waals surface area contributed by atoms with Crippen LogP contribution in [0.4, 0.5) is 5.69 Å². The Balaban J connectivity index is 1.66. The van der Waals surface area contributed by atoms with Crippen molar-refractivity contribution in [2.45, 2.75) is 26.8 Å². The van der Waals surface area contributed by atoms with Gasteiger partial charge in [0.15, 0.2) is 4.80 Å². The highest BCUT2D eigenvalue weighted by atomic mass is 32.1. The number of thiazole rings is 1. The van der Waals surface area contributed by atoms with E-state index in [0.29, 0.717) is 67.8 Å². The number of non-ortho nitro benzene ring substituents is 1. The number of ether oxygens (including phenoxy) is 2. The highest BCUT2D eigenvalue weighted by Gasteiger charge is 2.35. The van der Waals surface area contributed by atoms with Gasteiger partial charge in [-0.15, -0.1) is 0 Å². The van der Waals surface area contributed by atoms with Crippen molar-refractivity contribution in [1.29, 1.82) is 0 Å². The van der Waals surface area contributed by atoms with Gasteiger partial charge in [-0.05, 0) is 45.0 Å². The summed E-state index contributed by atoms with van der Waals surface area (Å²) in [6, 6.07) is 14.1. The first kappa shape index (κ1) is 29.5. The Morgan fingerprint density at radius 3 is 2.51 bits per heavy atom. The lowest BCUT2D eigenvalue weighted by molar-refractivity contribution is -0.384. The Morgan fingerprint density at radius 2 is 1.84 bits per heavy atom. The Bertz CT molecular complexity index is 1930. The van der Waals surface area contributed by atoms with E-state index in [9.17, 15) is 19.7 Å². The smallest absolute Gasteiger partial charge is 0.271 e. The number of allylic oxidation sites excluding steroid dienone is 1. The van der Waals surface area contributed by atoms with Crippen molar-refractivity contribution in [3.63, 3.8) is 0 Å². The van der Waals surface area contributed by atoms with E-state index in [1.54, 1.807) is 43.2 Å².